The number of imidazole rings is 1. The lowest BCUT2D eigenvalue weighted by atomic mass is 9.97. The summed E-state index contributed by atoms with van der Waals surface area (Å²) in [5, 5.41) is 7.64. The second kappa shape index (κ2) is 4.32. The first kappa shape index (κ1) is 12.7. The maximum Gasteiger partial charge on any atom is 0.104 e. The normalized spacial score (nSPS) is 11.9. The third kappa shape index (κ3) is 1.78. The minimum atomic E-state index is 0.960. The quantitative estimate of drug-likeness (QED) is 0.291. The van der Waals surface area contributed by atoms with E-state index in [1.807, 2.05) is 6.92 Å². The molecule has 0 aliphatic heterocycles. The van der Waals surface area contributed by atoms with Gasteiger partial charge in [0.05, 0.1) is 11.0 Å². The third-order valence-corrected chi connectivity index (χ3v) is 4.70. The molecule has 5 aromatic rings. The zero-order chi connectivity index (χ0) is 15.6. The van der Waals surface area contributed by atoms with Crippen molar-refractivity contribution in [3.05, 3.63) is 66.0 Å². The van der Waals surface area contributed by atoms with E-state index in [0.717, 1.165) is 16.9 Å². The van der Waals surface area contributed by atoms with Crippen LogP contribution in [0.4, 0.5) is 0 Å². The minimum Gasteiger partial charge on any atom is -0.342 e. The Balaban J connectivity index is 1.97. The van der Waals surface area contributed by atoms with E-state index in [4.69, 9.17) is 0 Å². The zero-order valence-electron chi connectivity index (χ0n) is 13.1. The molecule has 2 heteroatoms. The van der Waals surface area contributed by atoms with Crippen LogP contribution in [0.15, 0.2) is 54.6 Å². The SMILES string of the molecule is Cc1ccc2c(ccc3cc4c(ccc5[nH]c(C)nc54)cc32)c1. The predicted octanol–water partition coefficient (Wildman–Crippen LogP) is 5.64. The van der Waals surface area contributed by atoms with Crippen LogP contribution in [-0.4, -0.2) is 9.97 Å². The fourth-order valence-corrected chi connectivity index (χ4v) is 3.60. The number of rotatable bonds is 0. The molecule has 0 fully saturated rings. The standard InChI is InChI=1S/C21H16N2/c1-12-3-7-17-14(9-12)4-5-15-11-19-16(10-18(15)17)6-8-20-21(19)23-13(2)22-20/h3-11H,1-2H3,(H,22,23). The molecule has 0 atom stereocenters. The van der Waals surface area contributed by atoms with Gasteiger partial charge in [0.25, 0.3) is 0 Å². The number of aromatic nitrogens is 2. The highest BCUT2D eigenvalue weighted by Gasteiger charge is 2.08. The number of aromatic amines is 1. The average molecular weight is 296 g/mol. The van der Waals surface area contributed by atoms with Crippen LogP contribution in [0.25, 0.3) is 43.4 Å². The molecule has 0 bridgehead atoms. The summed E-state index contributed by atoms with van der Waals surface area (Å²) in [4.78, 5) is 7.99. The molecule has 5 rings (SSSR count). The lowest BCUT2D eigenvalue weighted by molar-refractivity contribution is 1.17. The van der Waals surface area contributed by atoms with Crippen LogP contribution in [0.2, 0.25) is 0 Å². The van der Waals surface area contributed by atoms with Crippen molar-refractivity contribution >= 4 is 43.4 Å². The summed E-state index contributed by atoms with van der Waals surface area (Å²) in [5.41, 5.74) is 3.46. The molecule has 1 N–H and O–H groups in total. The van der Waals surface area contributed by atoms with Crippen molar-refractivity contribution in [3.63, 3.8) is 0 Å². The highest BCUT2D eigenvalue weighted by Crippen LogP contribution is 2.32. The van der Waals surface area contributed by atoms with Crippen molar-refractivity contribution in [1.82, 2.24) is 9.97 Å². The van der Waals surface area contributed by atoms with Gasteiger partial charge in [-0.15, -0.1) is 0 Å². The molecule has 0 aliphatic carbocycles. The fraction of sp³-hybridized carbons (Fsp3) is 0.0952. The maximum absolute atomic E-state index is 4.67. The largest absolute Gasteiger partial charge is 0.342 e. The molecule has 0 saturated carbocycles. The molecule has 0 unspecified atom stereocenters. The van der Waals surface area contributed by atoms with Crippen LogP contribution < -0.4 is 0 Å². The highest BCUT2D eigenvalue weighted by atomic mass is 14.9. The molecule has 4 aromatic carbocycles. The van der Waals surface area contributed by atoms with Crippen molar-refractivity contribution in [2.24, 2.45) is 0 Å². The Hall–Kier alpha value is -2.87. The summed E-state index contributed by atoms with van der Waals surface area (Å²) in [6.45, 7) is 4.14. The average Bonchev–Trinajstić information content (AvgIpc) is 2.93. The summed E-state index contributed by atoms with van der Waals surface area (Å²) in [5.74, 6) is 0.960. The Morgan fingerprint density at radius 1 is 0.696 bits per heavy atom. The molecule has 110 valence electrons. The van der Waals surface area contributed by atoms with Gasteiger partial charge in [0.2, 0.25) is 0 Å². The number of benzene rings is 4. The summed E-state index contributed by atoms with van der Waals surface area (Å²) in [6, 6.07) is 20.0. The molecular formula is C21H16N2. The second-order valence-corrected chi connectivity index (χ2v) is 6.37. The van der Waals surface area contributed by atoms with Crippen molar-refractivity contribution in [1.29, 1.82) is 0 Å². The second-order valence-electron chi connectivity index (χ2n) is 6.37. The van der Waals surface area contributed by atoms with Gasteiger partial charge >= 0.3 is 0 Å². The van der Waals surface area contributed by atoms with Crippen LogP contribution in [0.5, 0.6) is 0 Å². The number of nitrogens with zero attached hydrogens (tertiary/aromatic N) is 1. The first-order valence-corrected chi connectivity index (χ1v) is 7.91. The molecule has 0 saturated heterocycles. The van der Waals surface area contributed by atoms with Crippen LogP contribution >= 0.6 is 0 Å². The summed E-state index contributed by atoms with van der Waals surface area (Å²) in [6.07, 6.45) is 0. The summed E-state index contributed by atoms with van der Waals surface area (Å²) in [7, 11) is 0. The monoisotopic (exact) mass is 296 g/mol. The van der Waals surface area contributed by atoms with E-state index >= 15 is 0 Å². The first-order valence-electron chi connectivity index (χ1n) is 7.91. The van der Waals surface area contributed by atoms with E-state index in [0.29, 0.717) is 0 Å². The van der Waals surface area contributed by atoms with Gasteiger partial charge in [-0.05, 0) is 59.0 Å². The lowest BCUT2D eigenvalue weighted by Crippen LogP contribution is -1.82. The molecule has 23 heavy (non-hydrogen) atoms. The summed E-state index contributed by atoms with van der Waals surface area (Å²) >= 11 is 0. The van der Waals surface area contributed by atoms with Crippen molar-refractivity contribution in [2.45, 2.75) is 13.8 Å². The van der Waals surface area contributed by atoms with Gasteiger partial charge in [-0.3, -0.25) is 0 Å². The fourth-order valence-electron chi connectivity index (χ4n) is 3.60. The Bertz CT molecular complexity index is 1230. The smallest absolute Gasteiger partial charge is 0.104 e. The van der Waals surface area contributed by atoms with Gasteiger partial charge in [0.15, 0.2) is 0 Å². The van der Waals surface area contributed by atoms with Gasteiger partial charge < -0.3 is 4.98 Å². The number of hydrogen-bond donors (Lipinski definition) is 1. The van der Waals surface area contributed by atoms with Crippen molar-refractivity contribution in [3.8, 4) is 0 Å². The van der Waals surface area contributed by atoms with Gasteiger partial charge in [0, 0.05) is 5.39 Å². The molecule has 0 aliphatic rings. The molecular weight excluding hydrogens is 280 g/mol. The maximum atomic E-state index is 4.67. The van der Waals surface area contributed by atoms with Gasteiger partial charge in [-0.2, -0.15) is 0 Å². The molecule has 0 spiro atoms. The molecule has 1 aromatic heterocycles. The number of nitrogens with one attached hydrogen (secondary N) is 1. The topological polar surface area (TPSA) is 28.7 Å². The number of aryl methyl sites for hydroxylation is 2. The van der Waals surface area contributed by atoms with Gasteiger partial charge in [-0.1, -0.05) is 42.0 Å². The number of fused-ring (bicyclic) bond motifs is 6. The Kier molecular flexibility index (Phi) is 2.38. The third-order valence-electron chi connectivity index (χ3n) is 4.70. The van der Waals surface area contributed by atoms with E-state index in [-0.39, 0.29) is 0 Å². The van der Waals surface area contributed by atoms with Crippen molar-refractivity contribution in [2.75, 3.05) is 0 Å². The van der Waals surface area contributed by atoms with Gasteiger partial charge in [0.1, 0.15) is 5.82 Å². The van der Waals surface area contributed by atoms with E-state index in [1.165, 1.54) is 37.9 Å². The van der Waals surface area contributed by atoms with Crippen molar-refractivity contribution < 1.29 is 0 Å². The lowest BCUT2D eigenvalue weighted by Gasteiger charge is -2.07. The molecule has 2 nitrogen and oxygen atoms in total. The Morgan fingerprint density at radius 2 is 1.39 bits per heavy atom. The zero-order valence-corrected chi connectivity index (χ0v) is 13.1. The van der Waals surface area contributed by atoms with E-state index in [9.17, 15) is 0 Å². The number of H-pyrrole nitrogens is 1. The molecule has 0 radical (unpaired) electrons. The summed E-state index contributed by atoms with van der Waals surface area (Å²) < 4.78 is 0. The first-order chi connectivity index (χ1) is 11.2. The van der Waals surface area contributed by atoms with E-state index < -0.39 is 0 Å². The molecule has 0 amide bonds. The number of hydrogen-bond acceptors (Lipinski definition) is 1. The van der Waals surface area contributed by atoms with Crippen LogP contribution in [0, 0.1) is 13.8 Å². The Labute approximate surface area is 133 Å². The van der Waals surface area contributed by atoms with Crippen LogP contribution in [0.3, 0.4) is 0 Å². The van der Waals surface area contributed by atoms with E-state index in [1.54, 1.807) is 0 Å². The molecule has 1 heterocycles. The van der Waals surface area contributed by atoms with Crippen LogP contribution in [-0.2, 0) is 0 Å². The minimum absolute atomic E-state index is 0.960. The highest BCUT2D eigenvalue weighted by molar-refractivity contribution is 6.16. The van der Waals surface area contributed by atoms with Crippen LogP contribution in [0.1, 0.15) is 11.4 Å². The predicted molar refractivity (Wildman–Crippen MR) is 98.1 cm³/mol. The van der Waals surface area contributed by atoms with Gasteiger partial charge in [-0.25, -0.2) is 4.98 Å². The van der Waals surface area contributed by atoms with E-state index in [2.05, 4.69) is 71.5 Å². The Morgan fingerprint density at radius 3 is 2.26 bits per heavy atom.